The molecule has 3 N–H and O–H groups in total. The first kappa shape index (κ1) is 17.1. The fourth-order valence-electron chi connectivity index (χ4n) is 2.43. The Kier molecular flexibility index (Phi) is 4.81. The topological polar surface area (TPSA) is 118 Å². The van der Waals surface area contributed by atoms with Crippen molar-refractivity contribution in [3.05, 3.63) is 48.0 Å². The molecule has 3 aromatic rings. The number of hydrogen-bond donors (Lipinski definition) is 3. The van der Waals surface area contributed by atoms with Gasteiger partial charge in [-0.25, -0.2) is 13.1 Å². The van der Waals surface area contributed by atoms with Gasteiger partial charge in [-0.2, -0.15) is 5.10 Å². The van der Waals surface area contributed by atoms with E-state index in [1.54, 1.807) is 19.9 Å². The number of nitrogens with one attached hydrogen (secondary N) is 3. The van der Waals surface area contributed by atoms with Gasteiger partial charge in [-0.05, 0) is 38.1 Å². The van der Waals surface area contributed by atoms with Gasteiger partial charge in [0.2, 0.25) is 10.0 Å². The van der Waals surface area contributed by atoms with Crippen molar-refractivity contribution in [3.8, 4) is 5.82 Å². The number of sulfonamides is 1. The van der Waals surface area contributed by atoms with Gasteiger partial charge in [0.15, 0.2) is 5.82 Å². The Morgan fingerprint density at radius 1 is 1.12 bits per heavy atom. The van der Waals surface area contributed by atoms with E-state index in [9.17, 15) is 8.42 Å². The molecule has 0 aliphatic rings. The number of aryl methyl sites for hydroxylation is 2. The van der Waals surface area contributed by atoms with Gasteiger partial charge in [-0.15, -0.1) is 10.2 Å². The highest BCUT2D eigenvalue weighted by atomic mass is 32.2. The van der Waals surface area contributed by atoms with E-state index in [2.05, 4.69) is 30.4 Å². The molecule has 0 saturated heterocycles. The van der Waals surface area contributed by atoms with Crippen LogP contribution in [0.5, 0.6) is 0 Å². The van der Waals surface area contributed by atoms with Crippen molar-refractivity contribution in [2.24, 2.45) is 0 Å². The monoisotopic (exact) mass is 361 g/mol. The van der Waals surface area contributed by atoms with Crippen LogP contribution in [0.1, 0.15) is 11.4 Å². The Morgan fingerprint density at radius 3 is 2.48 bits per heavy atom. The maximum atomic E-state index is 12.3. The van der Waals surface area contributed by atoms with Crippen molar-refractivity contribution in [3.63, 3.8) is 0 Å². The Morgan fingerprint density at radius 2 is 1.88 bits per heavy atom. The van der Waals surface area contributed by atoms with Crippen LogP contribution in [0.25, 0.3) is 5.82 Å². The van der Waals surface area contributed by atoms with Crippen molar-refractivity contribution in [1.82, 2.24) is 29.7 Å². The molecular formula is C15H19N7O2S. The second-order valence-electron chi connectivity index (χ2n) is 5.45. The van der Waals surface area contributed by atoms with Crippen LogP contribution in [0.4, 0.5) is 5.82 Å². The van der Waals surface area contributed by atoms with Crippen LogP contribution in [0, 0.1) is 13.8 Å². The summed E-state index contributed by atoms with van der Waals surface area (Å²) in [6, 6.07) is 7.44. The highest BCUT2D eigenvalue weighted by molar-refractivity contribution is 7.89. The molecule has 0 radical (unpaired) electrons. The number of nitrogens with zero attached hydrogens (tertiary/aromatic N) is 4. The van der Waals surface area contributed by atoms with Gasteiger partial charge >= 0.3 is 0 Å². The summed E-state index contributed by atoms with van der Waals surface area (Å²) in [5.74, 6) is 1.29. The average molecular weight is 361 g/mol. The lowest BCUT2D eigenvalue weighted by molar-refractivity contribution is 0.581. The van der Waals surface area contributed by atoms with Crippen LogP contribution in [0.3, 0.4) is 0 Å². The third-order valence-corrected chi connectivity index (χ3v) is 5.30. The summed E-state index contributed by atoms with van der Waals surface area (Å²) >= 11 is 0. The van der Waals surface area contributed by atoms with Gasteiger partial charge in [0, 0.05) is 25.5 Å². The lowest BCUT2D eigenvalue weighted by Gasteiger charge is -2.08. The van der Waals surface area contributed by atoms with Crippen molar-refractivity contribution in [1.29, 1.82) is 0 Å². The molecule has 9 nitrogen and oxygen atoms in total. The first-order valence-electron chi connectivity index (χ1n) is 7.69. The summed E-state index contributed by atoms with van der Waals surface area (Å²) in [6.07, 6.45) is 3.76. The highest BCUT2D eigenvalue weighted by Gasteiger charge is 2.21. The van der Waals surface area contributed by atoms with E-state index in [4.69, 9.17) is 0 Å². The normalized spacial score (nSPS) is 11.6. The average Bonchev–Trinajstić information content (AvgIpc) is 3.22. The molecular weight excluding hydrogens is 342 g/mol. The number of aromatic nitrogens is 5. The van der Waals surface area contributed by atoms with Gasteiger partial charge in [0.1, 0.15) is 10.7 Å². The number of aromatic amines is 1. The fourth-order valence-corrected chi connectivity index (χ4v) is 3.83. The number of H-pyrrole nitrogens is 1. The lowest BCUT2D eigenvalue weighted by Crippen LogP contribution is -2.29. The van der Waals surface area contributed by atoms with E-state index < -0.39 is 10.0 Å². The van der Waals surface area contributed by atoms with Crippen molar-refractivity contribution in [2.45, 2.75) is 18.7 Å². The summed E-state index contributed by atoms with van der Waals surface area (Å²) in [5.41, 5.74) is 0.967. The lowest BCUT2D eigenvalue weighted by atomic mass is 10.4. The molecule has 132 valence electrons. The maximum absolute atomic E-state index is 12.3. The molecule has 0 aliphatic heterocycles. The van der Waals surface area contributed by atoms with E-state index in [1.807, 2.05) is 35.2 Å². The van der Waals surface area contributed by atoms with E-state index >= 15 is 0 Å². The summed E-state index contributed by atoms with van der Waals surface area (Å²) in [7, 11) is -3.59. The fraction of sp³-hybridized carbons (Fsp3) is 0.267. The zero-order chi connectivity index (χ0) is 17.9. The third kappa shape index (κ3) is 3.86. The Hall–Kier alpha value is -2.72. The van der Waals surface area contributed by atoms with Crippen molar-refractivity contribution >= 4 is 15.8 Å². The first-order valence-corrected chi connectivity index (χ1v) is 9.18. The molecule has 0 aromatic carbocycles. The van der Waals surface area contributed by atoms with Crippen LogP contribution in [-0.2, 0) is 10.0 Å². The molecule has 0 aliphatic carbocycles. The highest BCUT2D eigenvalue weighted by Crippen LogP contribution is 2.15. The Balaban J connectivity index is 1.53. The number of hydrogen-bond acceptors (Lipinski definition) is 6. The Labute approximate surface area is 145 Å². The summed E-state index contributed by atoms with van der Waals surface area (Å²) in [6.45, 7) is 3.92. The zero-order valence-corrected chi connectivity index (χ0v) is 14.7. The molecule has 0 atom stereocenters. The largest absolute Gasteiger partial charge is 0.367 e. The maximum Gasteiger partial charge on any atom is 0.244 e. The summed E-state index contributed by atoms with van der Waals surface area (Å²) < 4.78 is 29.0. The summed E-state index contributed by atoms with van der Waals surface area (Å²) in [5, 5.41) is 17.8. The summed E-state index contributed by atoms with van der Waals surface area (Å²) in [4.78, 5) is 0.198. The number of anilines is 1. The molecule has 0 bridgehead atoms. The quantitative estimate of drug-likeness (QED) is 0.540. The molecule has 0 amide bonds. The second kappa shape index (κ2) is 7.03. The van der Waals surface area contributed by atoms with E-state index in [0.717, 1.165) is 0 Å². The van der Waals surface area contributed by atoms with Crippen LogP contribution < -0.4 is 10.0 Å². The van der Waals surface area contributed by atoms with Gasteiger partial charge in [-0.3, -0.25) is 5.10 Å². The molecule has 10 heteroatoms. The van der Waals surface area contributed by atoms with E-state index in [1.165, 1.54) is 0 Å². The van der Waals surface area contributed by atoms with Crippen molar-refractivity contribution < 1.29 is 8.42 Å². The smallest absolute Gasteiger partial charge is 0.244 e. The predicted molar refractivity (Wildman–Crippen MR) is 93.1 cm³/mol. The zero-order valence-electron chi connectivity index (χ0n) is 13.9. The molecule has 25 heavy (non-hydrogen) atoms. The minimum absolute atomic E-state index is 0.198. The minimum Gasteiger partial charge on any atom is -0.367 e. The van der Waals surface area contributed by atoms with Gasteiger partial charge in [0.05, 0.1) is 11.4 Å². The Bertz CT molecular complexity index is 911. The van der Waals surface area contributed by atoms with E-state index in [0.29, 0.717) is 29.6 Å². The molecule has 3 heterocycles. The molecule has 0 fully saturated rings. The van der Waals surface area contributed by atoms with Gasteiger partial charge < -0.3 is 9.88 Å². The minimum atomic E-state index is -3.59. The molecule has 3 rings (SSSR count). The molecule has 0 spiro atoms. The van der Waals surface area contributed by atoms with Gasteiger partial charge in [-0.1, -0.05) is 0 Å². The standard InChI is InChI=1S/C15H19N7O2S/c1-11-15(12(2)19-18-11)25(23,24)17-8-7-16-13-5-6-14(21-20-13)22-9-3-4-10-22/h3-6,9-10,17H,7-8H2,1-2H3,(H,16,20)(H,18,19). The SMILES string of the molecule is Cc1n[nH]c(C)c1S(=O)(=O)NCCNc1ccc(-n2cccc2)nn1. The molecule has 0 unspecified atom stereocenters. The van der Waals surface area contributed by atoms with Gasteiger partial charge in [0.25, 0.3) is 0 Å². The molecule has 0 saturated carbocycles. The van der Waals surface area contributed by atoms with Crippen LogP contribution in [0.15, 0.2) is 41.6 Å². The first-order chi connectivity index (χ1) is 12.0. The van der Waals surface area contributed by atoms with Crippen LogP contribution >= 0.6 is 0 Å². The second-order valence-corrected chi connectivity index (χ2v) is 7.16. The van der Waals surface area contributed by atoms with Crippen molar-refractivity contribution in [2.75, 3.05) is 18.4 Å². The molecule has 3 aromatic heterocycles. The third-order valence-electron chi connectivity index (χ3n) is 3.57. The van der Waals surface area contributed by atoms with E-state index in [-0.39, 0.29) is 11.4 Å². The number of rotatable bonds is 7. The predicted octanol–water partition coefficient (Wildman–Crippen LogP) is 0.998. The van der Waals surface area contributed by atoms with Crippen LogP contribution in [0.2, 0.25) is 0 Å². The van der Waals surface area contributed by atoms with Crippen LogP contribution in [-0.4, -0.2) is 46.5 Å².